The van der Waals surface area contributed by atoms with Crippen LogP contribution in [-0.2, 0) is 19.2 Å². The van der Waals surface area contributed by atoms with Crippen molar-refractivity contribution < 1.29 is 19.2 Å². The molecular weight excluding hydrogens is 314 g/mol. The van der Waals surface area contributed by atoms with E-state index in [9.17, 15) is 9.59 Å². The van der Waals surface area contributed by atoms with Crippen molar-refractivity contribution in [3.63, 3.8) is 0 Å². The molecule has 1 aromatic carbocycles. The first-order chi connectivity index (χ1) is 11.4. The zero-order valence-corrected chi connectivity index (χ0v) is 13.0. The molecule has 0 amide bonds. The van der Waals surface area contributed by atoms with Crippen molar-refractivity contribution in [2.75, 3.05) is 6.54 Å². The van der Waals surface area contributed by atoms with Crippen LogP contribution < -0.4 is 22.7 Å². The molecule has 2 rings (SSSR count). The van der Waals surface area contributed by atoms with Gasteiger partial charge in [0.25, 0.3) is 0 Å². The number of rotatable bonds is 6. The Morgan fingerprint density at radius 2 is 2.04 bits per heavy atom. The number of esters is 2. The number of hydrogen-bond acceptors (Lipinski definition) is 8. The molecule has 8 N–H and O–H groups in total. The molecule has 0 saturated carbocycles. The second-order valence-electron chi connectivity index (χ2n) is 5.52. The molecule has 1 unspecified atom stereocenters. The van der Waals surface area contributed by atoms with Crippen molar-refractivity contribution in [3.8, 4) is 0 Å². The summed E-state index contributed by atoms with van der Waals surface area (Å²) in [5.74, 6) is -1.55. The van der Waals surface area contributed by atoms with Gasteiger partial charge in [0.1, 0.15) is 11.9 Å². The van der Waals surface area contributed by atoms with Gasteiger partial charge in [0.2, 0.25) is 0 Å². The SMILES string of the molecule is N=C(N)c1ccc([C@@H]2C[C@H](CC(=O)OC(=O)C(N)CN)ON2)cc1. The lowest BCUT2D eigenvalue weighted by Gasteiger charge is -2.10. The number of hydrogen-bond donors (Lipinski definition) is 5. The average Bonchev–Trinajstić information content (AvgIpc) is 3.02. The highest BCUT2D eigenvalue weighted by Gasteiger charge is 2.30. The number of ether oxygens (including phenoxy) is 1. The molecule has 1 aromatic rings. The van der Waals surface area contributed by atoms with Crippen molar-refractivity contribution in [1.82, 2.24) is 5.48 Å². The summed E-state index contributed by atoms with van der Waals surface area (Å²) in [6, 6.07) is 6.04. The lowest BCUT2D eigenvalue weighted by atomic mass is 10.00. The minimum absolute atomic E-state index is 0.00171. The van der Waals surface area contributed by atoms with Crippen molar-refractivity contribution in [1.29, 1.82) is 5.41 Å². The van der Waals surface area contributed by atoms with E-state index in [0.717, 1.165) is 5.56 Å². The number of hydroxylamine groups is 1. The molecule has 0 radical (unpaired) electrons. The number of benzene rings is 1. The van der Waals surface area contributed by atoms with Gasteiger partial charge in [0, 0.05) is 12.1 Å². The van der Waals surface area contributed by atoms with Crippen molar-refractivity contribution in [2.45, 2.75) is 31.0 Å². The highest BCUT2D eigenvalue weighted by Crippen LogP contribution is 2.27. The molecule has 0 aromatic heterocycles. The van der Waals surface area contributed by atoms with Gasteiger partial charge in [-0.15, -0.1) is 0 Å². The number of nitrogens with one attached hydrogen (secondary N) is 2. The number of nitrogen functional groups attached to an aromatic ring is 1. The fourth-order valence-electron chi connectivity index (χ4n) is 2.27. The molecule has 1 fully saturated rings. The van der Waals surface area contributed by atoms with E-state index in [1.165, 1.54) is 0 Å². The maximum absolute atomic E-state index is 11.7. The Morgan fingerprint density at radius 3 is 2.62 bits per heavy atom. The lowest BCUT2D eigenvalue weighted by Crippen LogP contribution is -2.40. The maximum Gasteiger partial charge on any atom is 0.331 e. The Balaban J connectivity index is 1.85. The van der Waals surface area contributed by atoms with Crippen LogP contribution in [0, 0.1) is 5.41 Å². The van der Waals surface area contributed by atoms with E-state index in [4.69, 9.17) is 27.4 Å². The third-order valence-electron chi connectivity index (χ3n) is 3.67. The van der Waals surface area contributed by atoms with Crippen LogP contribution in [-0.4, -0.2) is 36.5 Å². The highest BCUT2D eigenvalue weighted by atomic mass is 16.7. The van der Waals surface area contributed by atoms with Crippen molar-refractivity contribution in [2.24, 2.45) is 17.2 Å². The van der Waals surface area contributed by atoms with Crippen molar-refractivity contribution >= 4 is 17.8 Å². The van der Waals surface area contributed by atoms with E-state index >= 15 is 0 Å². The van der Waals surface area contributed by atoms with E-state index in [-0.39, 0.29) is 24.8 Å². The minimum Gasteiger partial charge on any atom is -0.392 e. The molecule has 1 heterocycles. The van der Waals surface area contributed by atoms with E-state index in [2.05, 4.69) is 10.2 Å². The Bertz CT molecular complexity index is 619. The van der Waals surface area contributed by atoms with Crippen LogP contribution in [0.25, 0.3) is 0 Å². The van der Waals surface area contributed by atoms with Crippen LogP contribution in [0.15, 0.2) is 24.3 Å². The average molecular weight is 335 g/mol. The van der Waals surface area contributed by atoms with Gasteiger partial charge in [-0.1, -0.05) is 24.3 Å². The Hall–Kier alpha value is -2.33. The van der Waals surface area contributed by atoms with Gasteiger partial charge in [-0.05, 0) is 12.0 Å². The van der Waals surface area contributed by atoms with Gasteiger partial charge in [0.15, 0.2) is 0 Å². The van der Waals surface area contributed by atoms with E-state index in [1.54, 1.807) is 12.1 Å². The zero-order chi connectivity index (χ0) is 17.7. The van der Waals surface area contributed by atoms with E-state index in [1.807, 2.05) is 12.1 Å². The van der Waals surface area contributed by atoms with E-state index in [0.29, 0.717) is 12.0 Å². The third kappa shape index (κ3) is 4.59. The summed E-state index contributed by atoms with van der Waals surface area (Å²) in [4.78, 5) is 28.5. The fraction of sp³-hybridized carbons (Fsp3) is 0.400. The summed E-state index contributed by atoms with van der Waals surface area (Å²) < 4.78 is 4.62. The topological polar surface area (TPSA) is 167 Å². The summed E-state index contributed by atoms with van der Waals surface area (Å²) in [6.07, 6.45) is 0.0425. The summed E-state index contributed by atoms with van der Waals surface area (Å²) in [6.45, 7) is -0.0913. The molecule has 3 atom stereocenters. The Kier molecular flexibility index (Phi) is 5.99. The normalized spacial score (nSPS) is 21.2. The van der Waals surface area contributed by atoms with Crippen LogP contribution in [0.1, 0.15) is 30.0 Å². The largest absolute Gasteiger partial charge is 0.392 e. The van der Waals surface area contributed by atoms with Gasteiger partial charge in [-0.3, -0.25) is 15.0 Å². The lowest BCUT2D eigenvalue weighted by molar-refractivity contribution is -0.162. The molecular formula is C15H21N5O4. The van der Waals surface area contributed by atoms with Gasteiger partial charge in [-0.25, -0.2) is 4.79 Å². The summed E-state index contributed by atoms with van der Waals surface area (Å²) in [5.41, 5.74) is 20.4. The van der Waals surface area contributed by atoms with Crippen LogP contribution >= 0.6 is 0 Å². The van der Waals surface area contributed by atoms with E-state index < -0.39 is 24.1 Å². The first-order valence-corrected chi connectivity index (χ1v) is 7.46. The van der Waals surface area contributed by atoms with Gasteiger partial charge < -0.3 is 21.9 Å². The second-order valence-corrected chi connectivity index (χ2v) is 5.52. The number of carbonyl (C=O) groups is 2. The van der Waals surface area contributed by atoms with Crippen molar-refractivity contribution in [3.05, 3.63) is 35.4 Å². The first-order valence-electron chi connectivity index (χ1n) is 7.46. The monoisotopic (exact) mass is 335 g/mol. The Labute approximate surface area is 138 Å². The Morgan fingerprint density at radius 1 is 1.38 bits per heavy atom. The summed E-state index contributed by atoms with van der Waals surface area (Å²) in [5, 5.41) is 7.37. The molecule has 0 aliphatic carbocycles. The molecule has 9 heteroatoms. The zero-order valence-electron chi connectivity index (χ0n) is 13.0. The predicted molar refractivity (Wildman–Crippen MR) is 85.6 cm³/mol. The second kappa shape index (κ2) is 7.97. The number of carbonyl (C=O) groups excluding carboxylic acids is 2. The first kappa shape index (κ1) is 18.0. The third-order valence-corrected chi connectivity index (χ3v) is 3.67. The molecule has 24 heavy (non-hydrogen) atoms. The molecule has 0 bridgehead atoms. The van der Waals surface area contributed by atoms with Gasteiger partial charge in [-0.2, -0.15) is 5.48 Å². The molecule has 1 aliphatic heterocycles. The summed E-state index contributed by atoms with van der Waals surface area (Å²) in [7, 11) is 0. The predicted octanol–water partition coefficient (Wildman–Crippen LogP) is -0.949. The number of nitrogens with two attached hydrogens (primary N) is 3. The molecule has 0 spiro atoms. The molecule has 130 valence electrons. The molecule has 9 nitrogen and oxygen atoms in total. The number of amidine groups is 1. The van der Waals surface area contributed by atoms with Gasteiger partial charge >= 0.3 is 11.9 Å². The van der Waals surface area contributed by atoms with Gasteiger partial charge in [0.05, 0.1) is 18.6 Å². The minimum atomic E-state index is -1.01. The van der Waals surface area contributed by atoms with Crippen LogP contribution in [0.3, 0.4) is 0 Å². The molecule has 1 aliphatic rings. The van der Waals surface area contributed by atoms with Crippen LogP contribution in [0.4, 0.5) is 0 Å². The highest BCUT2D eigenvalue weighted by molar-refractivity contribution is 5.94. The quantitative estimate of drug-likeness (QED) is 0.192. The summed E-state index contributed by atoms with van der Waals surface area (Å²) >= 11 is 0. The fourth-order valence-corrected chi connectivity index (χ4v) is 2.27. The van der Waals surface area contributed by atoms with Crippen LogP contribution in [0.5, 0.6) is 0 Å². The smallest absolute Gasteiger partial charge is 0.331 e. The van der Waals surface area contributed by atoms with Crippen LogP contribution in [0.2, 0.25) is 0 Å². The molecule has 1 saturated heterocycles. The maximum atomic E-state index is 11.7. The standard InChI is InChI=1S/C15H21N5O4/c16-7-11(17)15(22)23-13(21)6-10-5-12(20-24-10)8-1-3-9(4-2-8)14(18)19/h1-4,10-12,20H,5-7,16-17H2,(H3,18,19)/t10-,11?,12+/m1/s1.